The Bertz CT molecular complexity index is 560. The molecule has 1 nitrogen and oxygen atoms in total. The molecule has 3 N–H and O–H groups in total. The molecule has 3 rings (SSSR count). The van der Waals surface area contributed by atoms with E-state index in [-0.39, 0.29) is 22.1 Å². The molecule has 0 spiro atoms. The third-order valence-electron chi connectivity index (χ3n) is 3.04. The van der Waals surface area contributed by atoms with E-state index in [9.17, 15) is 0 Å². The van der Waals surface area contributed by atoms with Crippen molar-refractivity contribution in [3.05, 3.63) is 91.0 Å². The number of halogens is 2. The fourth-order valence-corrected chi connectivity index (χ4v) is 4.48. The van der Waals surface area contributed by atoms with Gasteiger partial charge in [-0.1, -0.05) is 91.0 Å². The molecule has 124 valence electrons. The second kappa shape index (κ2) is 11.8. The molecule has 23 heavy (non-hydrogen) atoms. The molecule has 3 aromatic rings. The molecule has 0 aliphatic rings. The van der Waals surface area contributed by atoms with Crippen LogP contribution in [0.25, 0.3) is 0 Å². The van der Waals surface area contributed by atoms with Crippen LogP contribution in [0, 0.1) is 0 Å². The van der Waals surface area contributed by atoms with E-state index in [1.807, 2.05) is 0 Å². The molecule has 0 heterocycles. The van der Waals surface area contributed by atoms with E-state index < -0.39 is 7.92 Å². The smallest absolute Gasteiger partial charge is 0.0134 e. The van der Waals surface area contributed by atoms with Crippen LogP contribution in [0.15, 0.2) is 91.0 Å². The van der Waals surface area contributed by atoms with E-state index in [1.165, 1.54) is 15.9 Å². The monoisotopic (exact) mass is 455 g/mol. The van der Waals surface area contributed by atoms with E-state index in [1.54, 1.807) is 0 Å². The first kappa shape index (κ1) is 20.3. The second-order valence-electron chi connectivity index (χ2n) is 4.39. The predicted octanol–water partition coefficient (Wildman–Crippen LogP) is 4.98. The molecule has 0 atom stereocenters. The van der Waals surface area contributed by atoms with Crippen molar-refractivity contribution >= 4 is 42.9 Å². The summed E-state index contributed by atoms with van der Waals surface area (Å²) in [6.07, 6.45) is 0. The van der Waals surface area contributed by atoms with Gasteiger partial charge in [0.1, 0.15) is 0 Å². The standard InChI is InChI=1S/C18H15P.2ClH.H3N.Pd/c1-4-10-16(11-5-1)19(17-12-6-2-7-13-17)18-14-8-3-9-15-18;;;;/h1-15H;2*1H;1H3;/q;;;;+2/p-2. The number of benzene rings is 3. The Labute approximate surface area is 155 Å². The first-order valence-corrected chi connectivity index (χ1v) is 12.0. The number of hydrogen-bond donors (Lipinski definition) is 1. The largest absolute Gasteiger partial charge is 0.0622 e. The minimum atomic E-state index is -0.446. The molecular formula is C18H18Cl2NPPd. The van der Waals surface area contributed by atoms with Gasteiger partial charge in [-0.2, -0.15) is 0 Å². The predicted molar refractivity (Wildman–Crippen MR) is 102 cm³/mol. The molecule has 0 aliphatic carbocycles. The van der Waals surface area contributed by atoms with E-state index >= 15 is 0 Å². The topological polar surface area (TPSA) is 35.0 Å². The minimum absolute atomic E-state index is 0. The molecule has 0 aromatic heterocycles. The average molecular weight is 457 g/mol. The molecule has 0 unspecified atom stereocenters. The summed E-state index contributed by atoms with van der Waals surface area (Å²) in [5.74, 6) is 0. The van der Waals surface area contributed by atoms with Gasteiger partial charge in [-0.25, -0.2) is 0 Å². The maximum Gasteiger partial charge on any atom is -0.0134 e. The molecule has 0 fully saturated rings. The zero-order chi connectivity index (χ0) is 15.6. The Hall–Kier alpha value is -0.708. The summed E-state index contributed by atoms with van der Waals surface area (Å²) in [6, 6.07) is 32.3. The van der Waals surface area contributed by atoms with E-state index in [2.05, 4.69) is 91.0 Å². The van der Waals surface area contributed by atoms with Gasteiger partial charge < -0.3 is 6.15 Å². The summed E-state index contributed by atoms with van der Waals surface area (Å²) < 4.78 is 0. The van der Waals surface area contributed by atoms with E-state index in [4.69, 9.17) is 19.1 Å². The van der Waals surface area contributed by atoms with Gasteiger partial charge in [0, 0.05) is 0 Å². The molecule has 0 amide bonds. The van der Waals surface area contributed by atoms with Crippen molar-refractivity contribution in [3.63, 3.8) is 0 Å². The van der Waals surface area contributed by atoms with Crippen LogP contribution in [-0.4, -0.2) is 0 Å². The molecule has 3 aromatic carbocycles. The third kappa shape index (κ3) is 6.36. The van der Waals surface area contributed by atoms with Crippen LogP contribution in [-0.2, 0) is 15.9 Å². The molecule has 0 aliphatic heterocycles. The summed E-state index contributed by atoms with van der Waals surface area (Å²) in [7, 11) is 9.18. The third-order valence-corrected chi connectivity index (χ3v) is 5.49. The second-order valence-corrected chi connectivity index (χ2v) is 8.97. The van der Waals surface area contributed by atoms with E-state index in [0.29, 0.717) is 0 Å². The number of rotatable bonds is 3. The average Bonchev–Trinajstić information content (AvgIpc) is 2.59. The van der Waals surface area contributed by atoms with Gasteiger partial charge in [0.15, 0.2) is 0 Å². The summed E-state index contributed by atoms with van der Waals surface area (Å²) in [5.41, 5.74) is 0. The van der Waals surface area contributed by atoms with Gasteiger partial charge >= 0.3 is 35.0 Å². The quantitative estimate of drug-likeness (QED) is 0.438. The fraction of sp³-hybridized carbons (Fsp3) is 0. The summed E-state index contributed by atoms with van der Waals surface area (Å²) in [5, 5.41) is 4.19. The molecule has 0 saturated carbocycles. The fourth-order valence-electron chi connectivity index (χ4n) is 2.18. The van der Waals surface area contributed by atoms with Crippen LogP contribution in [0.3, 0.4) is 0 Å². The van der Waals surface area contributed by atoms with Gasteiger partial charge in [-0.05, 0) is 23.8 Å². The minimum Gasteiger partial charge on any atom is -0.0622 e. The van der Waals surface area contributed by atoms with Crippen molar-refractivity contribution in [2.75, 3.05) is 0 Å². The van der Waals surface area contributed by atoms with Crippen molar-refractivity contribution in [1.29, 1.82) is 0 Å². The van der Waals surface area contributed by atoms with Crippen molar-refractivity contribution in [2.45, 2.75) is 0 Å². The van der Waals surface area contributed by atoms with Crippen LogP contribution in [0.5, 0.6) is 0 Å². The molecule has 5 heteroatoms. The molecule has 0 radical (unpaired) electrons. The Morgan fingerprint density at radius 3 is 0.957 bits per heavy atom. The SMILES string of the molecule is N.[Cl][Pd][Cl].c1ccc(P(c2ccccc2)c2ccccc2)cc1. The van der Waals surface area contributed by atoms with Gasteiger partial charge in [-0.3, -0.25) is 0 Å². The van der Waals surface area contributed by atoms with Crippen molar-refractivity contribution < 1.29 is 15.9 Å². The maximum absolute atomic E-state index is 4.81. The van der Waals surface area contributed by atoms with Crippen LogP contribution >= 0.6 is 27.0 Å². The maximum atomic E-state index is 4.81. The van der Waals surface area contributed by atoms with Crippen LogP contribution in [0.2, 0.25) is 0 Å². The zero-order valence-corrected chi connectivity index (χ0v) is 16.3. The van der Waals surface area contributed by atoms with Gasteiger partial charge in [0.25, 0.3) is 0 Å². The molecular weight excluding hydrogens is 439 g/mol. The Balaban J connectivity index is 0.000000615. The van der Waals surface area contributed by atoms with Gasteiger partial charge in [-0.15, -0.1) is 0 Å². The summed E-state index contributed by atoms with van der Waals surface area (Å²) in [4.78, 5) is 0. The van der Waals surface area contributed by atoms with Crippen LogP contribution < -0.4 is 22.1 Å². The normalized spacial score (nSPS) is 9.70. The van der Waals surface area contributed by atoms with Crippen molar-refractivity contribution in [3.8, 4) is 0 Å². The van der Waals surface area contributed by atoms with Crippen molar-refractivity contribution in [2.24, 2.45) is 0 Å². The van der Waals surface area contributed by atoms with Crippen molar-refractivity contribution in [1.82, 2.24) is 6.15 Å². The molecule has 0 saturated heterocycles. The Morgan fingerprint density at radius 2 is 0.739 bits per heavy atom. The Morgan fingerprint density at radius 1 is 0.522 bits per heavy atom. The van der Waals surface area contributed by atoms with Crippen LogP contribution in [0.4, 0.5) is 0 Å². The first-order chi connectivity index (χ1) is 10.9. The Kier molecular flexibility index (Phi) is 10.4. The zero-order valence-electron chi connectivity index (χ0n) is 12.4. The number of hydrogen-bond acceptors (Lipinski definition) is 1. The first-order valence-electron chi connectivity index (χ1n) is 6.64. The van der Waals surface area contributed by atoms with Gasteiger partial charge in [0.2, 0.25) is 0 Å². The summed E-state index contributed by atoms with van der Waals surface area (Å²) in [6.45, 7) is 0. The molecule has 0 bridgehead atoms. The summed E-state index contributed by atoms with van der Waals surface area (Å²) >= 11 is -0.106. The van der Waals surface area contributed by atoms with E-state index in [0.717, 1.165) is 0 Å². The van der Waals surface area contributed by atoms with Gasteiger partial charge in [0.05, 0.1) is 0 Å². The van der Waals surface area contributed by atoms with Crippen LogP contribution in [0.1, 0.15) is 0 Å².